The van der Waals surface area contributed by atoms with Gasteiger partial charge >= 0.3 is 12.1 Å². The zero-order valence-electron chi connectivity index (χ0n) is 20.6. The molecule has 4 rings (SSSR count). The van der Waals surface area contributed by atoms with Gasteiger partial charge in [0.2, 0.25) is 10.0 Å². The molecule has 3 aromatic rings. The quantitative estimate of drug-likeness (QED) is 0.377. The van der Waals surface area contributed by atoms with E-state index < -0.39 is 34.0 Å². The minimum absolute atomic E-state index is 0.0319. The average molecular weight is 539 g/mol. The van der Waals surface area contributed by atoms with Gasteiger partial charge in [-0.05, 0) is 39.9 Å². The predicted octanol–water partition coefficient (Wildman–Crippen LogP) is 2.92. The van der Waals surface area contributed by atoms with E-state index >= 15 is 0 Å². The van der Waals surface area contributed by atoms with E-state index in [2.05, 4.69) is 5.32 Å². The van der Waals surface area contributed by atoms with Crippen molar-refractivity contribution < 1.29 is 37.4 Å². The number of aliphatic carboxylic acids is 1. The molecule has 0 heterocycles. The Morgan fingerprint density at radius 3 is 2.13 bits per heavy atom. The van der Waals surface area contributed by atoms with Crippen molar-refractivity contribution in [1.82, 2.24) is 10.0 Å². The molecule has 0 saturated carbocycles. The van der Waals surface area contributed by atoms with Crippen LogP contribution in [0.3, 0.4) is 0 Å². The van der Waals surface area contributed by atoms with Crippen LogP contribution >= 0.6 is 0 Å². The first kappa shape index (κ1) is 26.7. The van der Waals surface area contributed by atoms with Crippen LogP contribution in [0.25, 0.3) is 11.1 Å². The zero-order valence-corrected chi connectivity index (χ0v) is 21.4. The molecule has 2 amide bonds. The van der Waals surface area contributed by atoms with E-state index in [1.165, 1.54) is 25.3 Å². The first-order valence-corrected chi connectivity index (χ1v) is 13.5. The number of carbonyl (C=O) groups is 3. The zero-order chi connectivity index (χ0) is 27.4. The van der Waals surface area contributed by atoms with Crippen molar-refractivity contribution in [1.29, 1.82) is 0 Å². The second kappa shape index (κ2) is 10.9. The molecule has 38 heavy (non-hydrogen) atoms. The lowest BCUT2D eigenvalue weighted by Gasteiger charge is -2.18. The topological polar surface area (TPSA) is 148 Å². The minimum Gasteiger partial charge on any atom is -0.496 e. The van der Waals surface area contributed by atoms with Gasteiger partial charge in [0.25, 0.3) is 5.91 Å². The summed E-state index contributed by atoms with van der Waals surface area (Å²) in [5.41, 5.74) is 4.60. The van der Waals surface area contributed by atoms with Gasteiger partial charge in [0, 0.05) is 12.3 Å². The lowest BCUT2D eigenvalue weighted by atomic mass is 9.98. The predicted molar refractivity (Wildman–Crippen MR) is 139 cm³/mol. The van der Waals surface area contributed by atoms with Crippen LogP contribution in [0.5, 0.6) is 5.75 Å². The van der Waals surface area contributed by atoms with E-state index in [1.54, 1.807) is 0 Å². The smallest absolute Gasteiger partial charge is 0.407 e. The van der Waals surface area contributed by atoms with Crippen LogP contribution in [-0.2, 0) is 26.0 Å². The highest BCUT2D eigenvalue weighted by molar-refractivity contribution is 7.89. The number of rotatable bonds is 9. The van der Waals surface area contributed by atoms with E-state index in [-0.39, 0.29) is 30.3 Å². The Labute approximate surface area is 219 Å². The molecule has 0 unspecified atom stereocenters. The molecule has 3 N–H and O–H groups in total. The molecule has 1 atom stereocenters. The molecule has 0 spiro atoms. The number of carboxylic acid groups (broad SMARTS) is 1. The molecule has 3 aromatic carbocycles. The van der Waals surface area contributed by atoms with Crippen molar-refractivity contribution in [3.05, 3.63) is 89.0 Å². The standard InChI is InChI=1S/C27H26N2O8S/c1-36-24-14-16(11-12-21(24)25(30)29-38(2,34)35)13-23(26(31)32)28-27(33)37-15-22-19-9-5-3-7-17(19)18-8-4-6-10-20(18)22/h3-12,14,22-23H,13,15H2,1-2H3,(H,28,33)(H,29,30)(H,31,32)/t23-/m0/s1. The number of fused-ring (bicyclic) bond motifs is 3. The summed E-state index contributed by atoms with van der Waals surface area (Å²) in [6, 6.07) is 18.6. The summed E-state index contributed by atoms with van der Waals surface area (Å²) in [6.45, 7) is 0.0319. The summed E-state index contributed by atoms with van der Waals surface area (Å²) < 4.78 is 35.2. The molecule has 0 aliphatic heterocycles. The van der Waals surface area contributed by atoms with Gasteiger partial charge in [-0.3, -0.25) is 4.79 Å². The summed E-state index contributed by atoms with van der Waals surface area (Å²) in [4.78, 5) is 36.7. The number of ether oxygens (including phenoxy) is 2. The fraction of sp³-hybridized carbons (Fsp3) is 0.222. The van der Waals surface area contributed by atoms with Crippen LogP contribution < -0.4 is 14.8 Å². The fourth-order valence-electron chi connectivity index (χ4n) is 4.49. The molecule has 198 valence electrons. The Balaban J connectivity index is 1.43. The number of hydrogen-bond acceptors (Lipinski definition) is 7. The van der Waals surface area contributed by atoms with Crippen molar-refractivity contribution >= 4 is 28.0 Å². The summed E-state index contributed by atoms with van der Waals surface area (Å²) in [5, 5.41) is 12.1. The highest BCUT2D eigenvalue weighted by atomic mass is 32.2. The van der Waals surface area contributed by atoms with Crippen LogP contribution in [0.1, 0.15) is 33.0 Å². The number of nitrogens with one attached hydrogen (secondary N) is 2. The van der Waals surface area contributed by atoms with Crippen LogP contribution in [0.15, 0.2) is 66.7 Å². The Morgan fingerprint density at radius 1 is 0.974 bits per heavy atom. The third-order valence-electron chi connectivity index (χ3n) is 6.16. The number of methoxy groups -OCH3 is 1. The van der Waals surface area contributed by atoms with Crippen LogP contribution in [-0.4, -0.2) is 57.5 Å². The molecule has 0 fully saturated rings. The fourth-order valence-corrected chi connectivity index (χ4v) is 4.94. The van der Waals surface area contributed by atoms with Gasteiger partial charge in [-0.25, -0.2) is 22.7 Å². The van der Waals surface area contributed by atoms with E-state index in [0.29, 0.717) is 5.56 Å². The van der Waals surface area contributed by atoms with Gasteiger partial charge in [-0.15, -0.1) is 0 Å². The SMILES string of the molecule is COc1cc(C[C@H](NC(=O)OCC2c3ccccc3-c3ccccc32)C(=O)O)ccc1C(=O)NS(C)(=O)=O. The maximum absolute atomic E-state index is 12.6. The second-order valence-electron chi connectivity index (χ2n) is 8.80. The molecule has 1 aliphatic rings. The lowest BCUT2D eigenvalue weighted by Crippen LogP contribution is -2.43. The Kier molecular flexibility index (Phi) is 7.67. The summed E-state index contributed by atoms with van der Waals surface area (Å²) >= 11 is 0. The molecule has 11 heteroatoms. The third-order valence-corrected chi connectivity index (χ3v) is 6.72. The van der Waals surface area contributed by atoms with E-state index in [1.807, 2.05) is 53.3 Å². The summed E-state index contributed by atoms with van der Waals surface area (Å²) in [6.07, 6.45) is -0.169. The molecular weight excluding hydrogens is 512 g/mol. The lowest BCUT2D eigenvalue weighted by molar-refractivity contribution is -0.139. The molecule has 0 bridgehead atoms. The van der Waals surface area contributed by atoms with Crippen molar-refractivity contribution in [2.24, 2.45) is 0 Å². The van der Waals surface area contributed by atoms with E-state index in [0.717, 1.165) is 28.5 Å². The molecule has 0 radical (unpaired) electrons. The van der Waals surface area contributed by atoms with Gasteiger partial charge < -0.3 is 19.9 Å². The Morgan fingerprint density at radius 2 is 1.58 bits per heavy atom. The second-order valence-corrected chi connectivity index (χ2v) is 10.6. The Hall–Kier alpha value is -4.38. The third kappa shape index (κ3) is 5.94. The van der Waals surface area contributed by atoms with Crippen LogP contribution in [0.4, 0.5) is 4.79 Å². The maximum atomic E-state index is 12.6. The van der Waals surface area contributed by atoms with Crippen molar-refractivity contribution in [3.63, 3.8) is 0 Å². The van der Waals surface area contributed by atoms with E-state index in [4.69, 9.17) is 9.47 Å². The van der Waals surface area contributed by atoms with Gasteiger partial charge in [-0.2, -0.15) is 0 Å². The van der Waals surface area contributed by atoms with Gasteiger partial charge in [0.05, 0.1) is 18.9 Å². The normalized spacial score (nSPS) is 13.1. The monoisotopic (exact) mass is 538 g/mol. The Bertz CT molecular complexity index is 1460. The van der Waals surface area contributed by atoms with Crippen molar-refractivity contribution in [3.8, 4) is 16.9 Å². The highest BCUT2D eigenvalue weighted by Gasteiger charge is 2.30. The van der Waals surface area contributed by atoms with Gasteiger partial charge in [0.1, 0.15) is 18.4 Å². The number of carboxylic acids is 1. The first-order valence-electron chi connectivity index (χ1n) is 11.6. The molecule has 0 aromatic heterocycles. The van der Waals surface area contributed by atoms with Crippen LogP contribution in [0, 0.1) is 0 Å². The largest absolute Gasteiger partial charge is 0.496 e. The van der Waals surface area contributed by atoms with Gasteiger partial charge in [-0.1, -0.05) is 54.6 Å². The molecular formula is C27H26N2O8S. The number of sulfonamides is 1. The molecule has 10 nitrogen and oxygen atoms in total. The number of benzene rings is 3. The highest BCUT2D eigenvalue weighted by Crippen LogP contribution is 2.44. The summed E-state index contributed by atoms with van der Waals surface area (Å²) in [5.74, 6) is -2.29. The van der Waals surface area contributed by atoms with Gasteiger partial charge in [0.15, 0.2) is 0 Å². The average Bonchev–Trinajstić information content (AvgIpc) is 3.19. The first-order chi connectivity index (χ1) is 18.1. The molecule has 1 aliphatic carbocycles. The number of hydrogen-bond donors (Lipinski definition) is 3. The minimum atomic E-state index is -3.79. The number of amides is 2. The maximum Gasteiger partial charge on any atom is 0.407 e. The number of alkyl carbamates (subject to hydrolysis) is 1. The summed E-state index contributed by atoms with van der Waals surface area (Å²) in [7, 11) is -2.50. The number of carbonyl (C=O) groups excluding carboxylic acids is 2. The van der Waals surface area contributed by atoms with E-state index in [9.17, 15) is 27.9 Å². The van der Waals surface area contributed by atoms with Crippen molar-refractivity contribution in [2.75, 3.05) is 20.0 Å². The van der Waals surface area contributed by atoms with Crippen LogP contribution in [0.2, 0.25) is 0 Å². The van der Waals surface area contributed by atoms with Crippen molar-refractivity contribution in [2.45, 2.75) is 18.4 Å². The molecule has 0 saturated heterocycles.